The maximum absolute atomic E-state index is 4.37. The van der Waals surface area contributed by atoms with Gasteiger partial charge in [0.15, 0.2) is 0 Å². The maximum atomic E-state index is 4.37. The van der Waals surface area contributed by atoms with Gasteiger partial charge >= 0.3 is 0 Å². The number of aryl methyl sites for hydroxylation is 1. The topological polar surface area (TPSA) is 24.9 Å². The SMILES string of the molecule is CCCc1cnc2c(c1)CCN2. The normalized spacial score (nSPS) is 14.1. The predicted octanol–water partition coefficient (Wildman–Crippen LogP) is 2.00. The Kier molecular flexibility index (Phi) is 1.98. The number of fused-ring (bicyclic) bond motifs is 1. The first-order valence-electron chi connectivity index (χ1n) is 4.62. The number of rotatable bonds is 2. The highest BCUT2D eigenvalue weighted by Gasteiger charge is 2.10. The molecule has 0 radical (unpaired) electrons. The molecule has 0 saturated carbocycles. The van der Waals surface area contributed by atoms with Crippen LogP contribution in [0.5, 0.6) is 0 Å². The van der Waals surface area contributed by atoms with Gasteiger partial charge in [-0.25, -0.2) is 4.98 Å². The summed E-state index contributed by atoms with van der Waals surface area (Å²) < 4.78 is 0. The van der Waals surface area contributed by atoms with Gasteiger partial charge in [0.05, 0.1) is 0 Å². The second-order valence-corrected chi connectivity index (χ2v) is 3.28. The van der Waals surface area contributed by atoms with Crippen LogP contribution in [0, 0.1) is 0 Å². The van der Waals surface area contributed by atoms with E-state index in [0.717, 1.165) is 25.2 Å². The van der Waals surface area contributed by atoms with E-state index in [0.29, 0.717) is 0 Å². The molecule has 0 amide bonds. The summed E-state index contributed by atoms with van der Waals surface area (Å²) in [6, 6.07) is 2.28. The van der Waals surface area contributed by atoms with E-state index in [1.54, 1.807) is 0 Å². The van der Waals surface area contributed by atoms with Crippen LogP contribution >= 0.6 is 0 Å². The molecule has 1 N–H and O–H groups in total. The lowest BCUT2D eigenvalue weighted by Gasteiger charge is -2.01. The average Bonchev–Trinajstić information content (AvgIpc) is 2.51. The molecule has 1 aliphatic rings. The Balaban J connectivity index is 2.26. The second-order valence-electron chi connectivity index (χ2n) is 3.28. The predicted molar refractivity (Wildman–Crippen MR) is 50.4 cm³/mol. The minimum atomic E-state index is 1.05. The number of aromatic nitrogens is 1. The van der Waals surface area contributed by atoms with Gasteiger partial charge in [0.2, 0.25) is 0 Å². The molecule has 0 aromatic carbocycles. The third-order valence-electron chi connectivity index (χ3n) is 2.25. The summed E-state index contributed by atoms with van der Waals surface area (Å²) in [6.45, 7) is 3.25. The molecule has 0 fully saturated rings. The van der Waals surface area contributed by atoms with Crippen LogP contribution < -0.4 is 5.32 Å². The Bertz CT molecular complexity index is 281. The quantitative estimate of drug-likeness (QED) is 0.719. The lowest BCUT2D eigenvalue weighted by atomic mass is 10.1. The summed E-state index contributed by atoms with van der Waals surface area (Å²) in [7, 11) is 0. The fourth-order valence-corrected chi connectivity index (χ4v) is 1.65. The third-order valence-corrected chi connectivity index (χ3v) is 2.25. The molecule has 2 nitrogen and oxygen atoms in total. The van der Waals surface area contributed by atoms with Gasteiger partial charge < -0.3 is 5.32 Å². The molecule has 0 spiro atoms. The Hall–Kier alpha value is -1.05. The van der Waals surface area contributed by atoms with Crippen LogP contribution in [0.25, 0.3) is 0 Å². The first kappa shape index (κ1) is 7.59. The van der Waals surface area contributed by atoms with Crippen LogP contribution in [0.3, 0.4) is 0 Å². The highest BCUT2D eigenvalue weighted by molar-refractivity contribution is 5.49. The fraction of sp³-hybridized carbons (Fsp3) is 0.500. The van der Waals surface area contributed by atoms with Crippen LogP contribution in [0.4, 0.5) is 5.82 Å². The van der Waals surface area contributed by atoms with Gasteiger partial charge in [0.1, 0.15) is 5.82 Å². The van der Waals surface area contributed by atoms with Crippen molar-refractivity contribution in [3.63, 3.8) is 0 Å². The van der Waals surface area contributed by atoms with E-state index in [2.05, 4.69) is 23.3 Å². The second kappa shape index (κ2) is 3.13. The maximum Gasteiger partial charge on any atom is 0.129 e. The number of hydrogen-bond acceptors (Lipinski definition) is 2. The first-order chi connectivity index (χ1) is 5.90. The van der Waals surface area contributed by atoms with Gasteiger partial charge in [0, 0.05) is 12.7 Å². The zero-order valence-electron chi connectivity index (χ0n) is 7.43. The number of anilines is 1. The summed E-state index contributed by atoms with van der Waals surface area (Å²) in [5, 5.41) is 3.26. The van der Waals surface area contributed by atoms with Gasteiger partial charge in [0.25, 0.3) is 0 Å². The molecule has 1 aliphatic heterocycles. The minimum Gasteiger partial charge on any atom is -0.370 e. The van der Waals surface area contributed by atoms with E-state index < -0.39 is 0 Å². The van der Waals surface area contributed by atoms with Crippen molar-refractivity contribution in [3.8, 4) is 0 Å². The van der Waals surface area contributed by atoms with Crippen molar-refractivity contribution < 1.29 is 0 Å². The van der Waals surface area contributed by atoms with Crippen molar-refractivity contribution in [2.24, 2.45) is 0 Å². The highest BCUT2D eigenvalue weighted by Crippen LogP contribution is 2.20. The Morgan fingerprint density at radius 2 is 2.50 bits per heavy atom. The van der Waals surface area contributed by atoms with Gasteiger partial charge in [-0.3, -0.25) is 0 Å². The van der Waals surface area contributed by atoms with E-state index in [1.807, 2.05) is 6.20 Å². The molecule has 0 saturated heterocycles. The number of nitrogens with zero attached hydrogens (tertiary/aromatic N) is 1. The zero-order chi connectivity index (χ0) is 8.39. The van der Waals surface area contributed by atoms with Gasteiger partial charge in [-0.05, 0) is 24.0 Å². The molecule has 2 rings (SSSR count). The van der Waals surface area contributed by atoms with Gasteiger partial charge in [-0.2, -0.15) is 0 Å². The Labute approximate surface area is 73.0 Å². The van der Waals surface area contributed by atoms with Crippen molar-refractivity contribution in [2.45, 2.75) is 26.2 Å². The largest absolute Gasteiger partial charge is 0.370 e. The lowest BCUT2D eigenvalue weighted by Crippen LogP contribution is -1.93. The summed E-state index contributed by atoms with van der Waals surface area (Å²) in [5.74, 6) is 1.09. The number of hydrogen-bond donors (Lipinski definition) is 1. The summed E-state index contributed by atoms with van der Waals surface area (Å²) >= 11 is 0. The molecule has 2 heteroatoms. The monoisotopic (exact) mass is 162 g/mol. The van der Waals surface area contributed by atoms with Crippen molar-refractivity contribution in [1.29, 1.82) is 0 Å². The van der Waals surface area contributed by atoms with Crippen molar-refractivity contribution >= 4 is 5.82 Å². The Morgan fingerprint density at radius 1 is 1.58 bits per heavy atom. The fourth-order valence-electron chi connectivity index (χ4n) is 1.65. The van der Waals surface area contributed by atoms with Gasteiger partial charge in [-0.1, -0.05) is 19.4 Å². The van der Waals surface area contributed by atoms with Crippen molar-refractivity contribution in [1.82, 2.24) is 4.98 Å². The first-order valence-corrected chi connectivity index (χ1v) is 4.62. The summed E-state index contributed by atoms with van der Waals surface area (Å²) in [6.07, 6.45) is 5.48. The summed E-state index contributed by atoms with van der Waals surface area (Å²) in [4.78, 5) is 4.37. The molecule has 0 aliphatic carbocycles. The minimum absolute atomic E-state index is 1.05. The molecular weight excluding hydrogens is 148 g/mol. The van der Waals surface area contributed by atoms with E-state index in [1.165, 1.54) is 17.5 Å². The molecule has 12 heavy (non-hydrogen) atoms. The molecule has 0 unspecified atom stereocenters. The smallest absolute Gasteiger partial charge is 0.129 e. The average molecular weight is 162 g/mol. The number of pyridine rings is 1. The third kappa shape index (κ3) is 1.29. The van der Waals surface area contributed by atoms with Crippen LogP contribution in [0.15, 0.2) is 12.3 Å². The lowest BCUT2D eigenvalue weighted by molar-refractivity contribution is 0.911. The summed E-state index contributed by atoms with van der Waals surface area (Å²) in [5.41, 5.74) is 2.76. The molecule has 1 aromatic rings. The van der Waals surface area contributed by atoms with Crippen LogP contribution in [-0.4, -0.2) is 11.5 Å². The van der Waals surface area contributed by atoms with E-state index in [-0.39, 0.29) is 0 Å². The Morgan fingerprint density at radius 3 is 3.33 bits per heavy atom. The highest BCUT2D eigenvalue weighted by atomic mass is 15.0. The molecule has 0 bridgehead atoms. The van der Waals surface area contributed by atoms with Crippen molar-refractivity contribution in [3.05, 3.63) is 23.4 Å². The van der Waals surface area contributed by atoms with E-state index in [9.17, 15) is 0 Å². The standard InChI is InChI=1S/C10H14N2/c1-2-3-8-6-9-4-5-11-10(9)12-7-8/h6-7H,2-5H2,1H3,(H,11,12). The van der Waals surface area contributed by atoms with Gasteiger partial charge in [-0.15, -0.1) is 0 Å². The number of nitrogens with one attached hydrogen (secondary N) is 1. The van der Waals surface area contributed by atoms with Crippen LogP contribution in [0.1, 0.15) is 24.5 Å². The molecule has 1 aromatic heterocycles. The molecule has 64 valence electrons. The van der Waals surface area contributed by atoms with E-state index in [4.69, 9.17) is 0 Å². The van der Waals surface area contributed by atoms with E-state index >= 15 is 0 Å². The zero-order valence-corrected chi connectivity index (χ0v) is 7.43. The molecule has 2 heterocycles. The van der Waals surface area contributed by atoms with Crippen LogP contribution in [0.2, 0.25) is 0 Å². The molecular formula is C10H14N2. The van der Waals surface area contributed by atoms with Crippen molar-refractivity contribution in [2.75, 3.05) is 11.9 Å². The molecule has 0 atom stereocenters. The van der Waals surface area contributed by atoms with Crippen LogP contribution in [-0.2, 0) is 12.8 Å².